The molecule has 2 nitrogen and oxygen atoms in total. The minimum atomic E-state index is 0.189. The topological polar surface area (TPSA) is 20.3 Å². The standard InChI is InChI=1S/C13H19Br2NOS/c1-4-9(3)7-16(5-2)8-11(17)10-6-12(14)18-13(10)15/h6,9H,4-5,7-8H2,1-3H3. The van der Waals surface area contributed by atoms with Crippen molar-refractivity contribution in [1.29, 1.82) is 0 Å². The van der Waals surface area contributed by atoms with Gasteiger partial charge in [-0.05, 0) is 50.4 Å². The van der Waals surface area contributed by atoms with Gasteiger partial charge in [-0.1, -0.05) is 27.2 Å². The van der Waals surface area contributed by atoms with Crippen LogP contribution in [0.25, 0.3) is 0 Å². The van der Waals surface area contributed by atoms with Crippen LogP contribution in [-0.2, 0) is 0 Å². The first-order valence-electron chi connectivity index (χ1n) is 6.18. The van der Waals surface area contributed by atoms with Gasteiger partial charge in [0.1, 0.15) is 0 Å². The molecule has 0 aliphatic rings. The Balaban J connectivity index is 2.65. The van der Waals surface area contributed by atoms with Crippen molar-refractivity contribution in [1.82, 2.24) is 4.90 Å². The number of thiophene rings is 1. The van der Waals surface area contributed by atoms with E-state index in [-0.39, 0.29) is 5.78 Å². The van der Waals surface area contributed by atoms with Gasteiger partial charge in [-0.2, -0.15) is 0 Å². The lowest BCUT2D eigenvalue weighted by Gasteiger charge is -2.22. The minimum Gasteiger partial charge on any atom is -0.296 e. The third kappa shape index (κ3) is 4.76. The summed E-state index contributed by atoms with van der Waals surface area (Å²) < 4.78 is 1.90. The second-order valence-electron chi connectivity index (χ2n) is 4.50. The molecule has 1 atom stereocenters. The Hall–Kier alpha value is 0.290. The zero-order chi connectivity index (χ0) is 13.7. The molecule has 5 heteroatoms. The van der Waals surface area contributed by atoms with Crippen molar-refractivity contribution in [3.8, 4) is 0 Å². The van der Waals surface area contributed by atoms with Crippen molar-refractivity contribution in [2.24, 2.45) is 5.92 Å². The summed E-state index contributed by atoms with van der Waals surface area (Å²) in [5.74, 6) is 0.823. The van der Waals surface area contributed by atoms with Gasteiger partial charge in [0.25, 0.3) is 0 Å². The van der Waals surface area contributed by atoms with E-state index in [2.05, 4.69) is 57.5 Å². The normalized spacial score (nSPS) is 13.0. The fourth-order valence-corrected chi connectivity index (χ4v) is 4.55. The summed E-state index contributed by atoms with van der Waals surface area (Å²) in [5.41, 5.74) is 0.787. The van der Waals surface area contributed by atoms with Gasteiger partial charge in [-0.25, -0.2) is 0 Å². The maximum absolute atomic E-state index is 12.2. The highest BCUT2D eigenvalue weighted by Crippen LogP contribution is 2.32. The zero-order valence-electron chi connectivity index (χ0n) is 11.0. The molecule has 0 N–H and O–H groups in total. The maximum Gasteiger partial charge on any atom is 0.178 e. The molecule has 1 aromatic heterocycles. The Morgan fingerprint density at radius 3 is 2.56 bits per heavy atom. The first kappa shape index (κ1) is 16.3. The van der Waals surface area contributed by atoms with Gasteiger partial charge in [0, 0.05) is 12.1 Å². The third-order valence-electron chi connectivity index (χ3n) is 3.04. The van der Waals surface area contributed by atoms with E-state index in [1.807, 2.05) is 6.07 Å². The molecule has 0 amide bonds. The van der Waals surface area contributed by atoms with Crippen LogP contribution in [0, 0.1) is 5.92 Å². The summed E-state index contributed by atoms with van der Waals surface area (Å²) in [6.07, 6.45) is 1.15. The maximum atomic E-state index is 12.2. The summed E-state index contributed by atoms with van der Waals surface area (Å²) >= 11 is 8.40. The number of halogens is 2. The Labute approximate surface area is 130 Å². The highest BCUT2D eigenvalue weighted by atomic mass is 79.9. The van der Waals surface area contributed by atoms with Crippen LogP contribution in [-0.4, -0.2) is 30.3 Å². The van der Waals surface area contributed by atoms with Crippen LogP contribution in [0.15, 0.2) is 13.6 Å². The number of carbonyl (C=O) groups excluding carboxylic acids is 1. The van der Waals surface area contributed by atoms with Gasteiger partial charge >= 0.3 is 0 Å². The van der Waals surface area contributed by atoms with Crippen molar-refractivity contribution in [2.45, 2.75) is 27.2 Å². The molecule has 1 heterocycles. The quantitative estimate of drug-likeness (QED) is 0.615. The molecule has 102 valence electrons. The van der Waals surface area contributed by atoms with E-state index in [1.54, 1.807) is 11.3 Å². The predicted molar refractivity (Wildman–Crippen MR) is 85.6 cm³/mol. The number of nitrogens with zero attached hydrogens (tertiary/aromatic N) is 1. The first-order chi connectivity index (χ1) is 8.47. The number of hydrogen-bond acceptors (Lipinski definition) is 3. The molecular weight excluding hydrogens is 378 g/mol. The second-order valence-corrected chi connectivity index (χ2v) is 8.25. The minimum absolute atomic E-state index is 0.189. The third-order valence-corrected chi connectivity index (χ3v) is 5.38. The molecule has 0 fully saturated rings. The fraction of sp³-hybridized carbons (Fsp3) is 0.615. The van der Waals surface area contributed by atoms with Crippen LogP contribution in [0.4, 0.5) is 0 Å². The summed E-state index contributed by atoms with van der Waals surface area (Å²) in [5, 5.41) is 0. The Morgan fingerprint density at radius 1 is 1.44 bits per heavy atom. The number of hydrogen-bond donors (Lipinski definition) is 0. The van der Waals surface area contributed by atoms with Crippen molar-refractivity contribution >= 4 is 49.0 Å². The zero-order valence-corrected chi connectivity index (χ0v) is 15.0. The van der Waals surface area contributed by atoms with Crippen LogP contribution >= 0.6 is 43.2 Å². The van der Waals surface area contributed by atoms with E-state index < -0.39 is 0 Å². The highest BCUT2D eigenvalue weighted by molar-refractivity contribution is 9.12. The van der Waals surface area contributed by atoms with Gasteiger partial charge in [0.05, 0.1) is 14.1 Å². The number of ketones is 1. The van der Waals surface area contributed by atoms with Crippen molar-refractivity contribution in [3.63, 3.8) is 0 Å². The van der Waals surface area contributed by atoms with Gasteiger partial charge in [0.2, 0.25) is 0 Å². The lowest BCUT2D eigenvalue weighted by atomic mass is 10.1. The fourth-order valence-electron chi connectivity index (χ4n) is 1.69. The van der Waals surface area contributed by atoms with E-state index in [0.29, 0.717) is 12.5 Å². The number of Topliss-reactive ketones (excluding diaryl/α,β-unsaturated/α-hetero) is 1. The van der Waals surface area contributed by atoms with Gasteiger partial charge < -0.3 is 0 Å². The SMILES string of the molecule is CCC(C)CN(CC)CC(=O)c1cc(Br)sc1Br. The van der Waals surface area contributed by atoms with Gasteiger partial charge in [-0.15, -0.1) is 11.3 Å². The van der Waals surface area contributed by atoms with Crippen molar-refractivity contribution in [3.05, 3.63) is 19.2 Å². The monoisotopic (exact) mass is 395 g/mol. The number of rotatable bonds is 7. The lowest BCUT2D eigenvalue weighted by Crippen LogP contribution is -2.33. The lowest BCUT2D eigenvalue weighted by molar-refractivity contribution is 0.0923. The average Bonchev–Trinajstić information content (AvgIpc) is 2.67. The van der Waals surface area contributed by atoms with Crippen molar-refractivity contribution in [2.75, 3.05) is 19.6 Å². The van der Waals surface area contributed by atoms with Crippen LogP contribution in [0.3, 0.4) is 0 Å². The molecule has 0 saturated carbocycles. The summed E-state index contributed by atoms with van der Waals surface area (Å²) in [6.45, 7) is 8.93. The Morgan fingerprint density at radius 2 is 2.11 bits per heavy atom. The first-order valence-corrected chi connectivity index (χ1v) is 8.58. The molecule has 0 bridgehead atoms. The Bertz CT molecular complexity index is 406. The van der Waals surface area contributed by atoms with Crippen LogP contribution in [0.5, 0.6) is 0 Å². The van der Waals surface area contributed by atoms with Gasteiger partial charge in [0.15, 0.2) is 5.78 Å². The van der Waals surface area contributed by atoms with Crippen LogP contribution < -0.4 is 0 Å². The second kappa shape index (κ2) is 7.78. The molecule has 1 unspecified atom stereocenters. The largest absolute Gasteiger partial charge is 0.296 e. The number of likely N-dealkylation sites (N-methyl/N-ethyl adjacent to an activating group) is 1. The van der Waals surface area contributed by atoms with Crippen LogP contribution in [0.1, 0.15) is 37.6 Å². The molecule has 0 spiro atoms. The van der Waals surface area contributed by atoms with Crippen molar-refractivity contribution < 1.29 is 4.79 Å². The molecule has 1 rings (SSSR count). The molecule has 18 heavy (non-hydrogen) atoms. The molecule has 0 aliphatic carbocycles. The molecule has 0 saturated heterocycles. The molecule has 0 aromatic carbocycles. The summed E-state index contributed by atoms with van der Waals surface area (Å²) in [6, 6.07) is 1.90. The average molecular weight is 397 g/mol. The van der Waals surface area contributed by atoms with Crippen LogP contribution in [0.2, 0.25) is 0 Å². The van der Waals surface area contributed by atoms with E-state index in [9.17, 15) is 4.79 Å². The van der Waals surface area contributed by atoms with E-state index in [0.717, 1.165) is 32.6 Å². The van der Waals surface area contributed by atoms with E-state index in [4.69, 9.17) is 0 Å². The molecule has 0 aliphatic heterocycles. The van der Waals surface area contributed by atoms with Gasteiger partial charge in [-0.3, -0.25) is 9.69 Å². The molecule has 0 radical (unpaired) electrons. The Kier molecular flexibility index (Phi) is 7.06. The smallest absolute Gasteiger partial charge is 0.178 e. The summed E-state index contributed by atoms with van der Waals surface area (Å²) in [7, 11) is 0. The highest BCUT2D eigenvalue weighted by Gasteiger charge is 2.17. The van der Waals surface area contributed by atoms with E-state index >= 15 is 0 Å². The molecule has 1 aromatic rings. The molecular formula is C13H19Br2NOS. The summed E-state index contributed by atoms with van der Waals surface area (Å²) in [4.78, 5) is 14.4. The number of carbonyl (C=O) groups is 1. The predicted octanol–water partition coefficient (Wildman–Crippen LogP) is 4.82. The van der Waals surface area contributed by atoms with E-state index in [1.165, 1.54) is 0 Å².